The zero-order valence-electron chi connectivity index (χ0n) is 14.0. The predicted molar refractivity (Wildman–Crippen MR) is 86.7 cm³/mol. The Labute approximate surface area is 129 Å². The first kappa shape index (κ1) is 18.2. The molecule has 1 aromatic heterocycles. The summed E-state index contributed by atoms with van der Waals surface area (Å²) in [4.78, 5) is 0.382. The normalized spacial score (nSPS) is 14.1. The topological polar surface area (TPSA) is 54.3 Å². The number of sulfonamides is 1. The van der Waals surface area contributed by atoms with Crippen LogP contribution in [0.15, 0.2) is 17.2 Å². The summed E-state index contributed by atoms with van der Waals surface area (Å²) >= 11 is 0. The number of rotatable bonds is 8. The van der Waals surface area contributed by atoms with Gasteiger partial charge in [0.1, 0.15) is 4.90 Å². The van der Waals surface area contributed by atoms with Crippen LogP contribution in [0.4, 0.5) is 0 Å². The molecule has 6 heteroatoms. The second-order valence-electron chi connectivity index (χ2n) is 5.74. The minimum atomic E-state index is -3.44. The first-order chi connectivity index (χ1) is 9.75. The summed E-state index contributed by atoms with van der Waals surface area (Å²) in [7, 11) is -1.78. The third-order valence-corrected chi connectivity index (χ3v) is 5.98. The molecule has 1 atom stereocenters. The van der Waals surface area contributed by atoms with Crippen molar-refractivity contribution in [2.75, 3.05) is 13.6 Å². The Balaban J connectivity index is 3.11. The van der Waals surface area contributed by atoms with Crippen LogP contribution in [-0.2, 0) is 23.1 Å². The molecular formula is C15H29N3O2S. The van der Waals surface area contributed by atoms with Crippen molar-refractivity contribution in [2.45, 2.75) is 58.6 Å². The van der Waals surface area contributed by atoms with Crippen molar-refractivity contribution in [1.29, 1.82) is 0 Å². The lowest BCUT2D eigenvalue weighted by molar-refractivity contribution is 0.316. The molecule has 0 saturated carbocycles. The van der Waals surface area contributed by atoms with Crippen LogP contribution in [0.3, 0.4) is 0 Å². The van der Waals surface area contributed by atoms with E-state index in [-0.39, 0.29) is 12.0 Å². The Morgan fingerprint density at radius 1 is 1.29 bits per heavy atom. The standard InChI is InChI=1S/C15H29N3O2S/c1-7-16-10-14-9-15(11-18(14)8-2)21(19,20)17(6)13(5)12(3)4/h9,11-13,16H,7-8,10H2,1-6H3. The number of hydrogen-bond donors (Lipinski definition) is 1. The zero-order chi connectivity index (χ0) is 16.2. The average Bonchev–Trinajstić information content (AvgIpc) is 2.87. The van der Waals surface area contributed by atoms with E-state index in [4.69, 9.17) is 0 Å². The van der Waals surface area contributed by atoms with Gasteiger partial charge in [-0.25, -0.2) is 8.42 Å². The van der Waals surface area contributed by atoms with Gasteiger partial charge in [0.2, 0.25) is 10.0 Å². The summed E-state index contributed by atoms with van der Waals surface area (Å²) in [5.74, 6) is 0.277. The third-order valence-electron chi connectivity index (χ3n) is 4.07. The Morgan fingerprint density at radius 2 is 1.90 bits per heavy atom. The van der Waals surface area contributed by atoms with Crippen molar-refractivity contribution in [3.8, 4) is 0 Å². The van der Waals surface area contributed by atoms with Crippen LogP contribution in [0, 0.1) is 5.92 Å². The summed E-state index contributed by atoms with van der Waals surface area (Å²) in [5, 5.41) is 3.25. The maximum absolute atomic E-state index is 12.7. The maximum Gasteiger partial charge on any atom is 0.244 e. The molecule has 5 nitrogen and oxygen atoms in total. The highest BCUT2D eigenvalue weighted by molar-refractivity contribution is 7.89. The van der Waals surface area contributed by atoms with Gasteiger partial charge in [0.05, 0.1) is 0 Å². The highest BCUT2D eigenvalue weighted by Gasteiger charge is 2.28. The summed E-state index contributed by atoms with van der Waals surface area (Å²) in [6, 6.07) is 1.75. The maximum atomic E-state index is 12.7. The number of hydrogen-bond acceptors (Lipinski definition) is 3. The quantitative estimate of drug-likeness (QED) is 0.801. The smallest absolute Gasteiger partial charge is 0.244 e. The Bertz CT molecular complexity index is 549. The van der Waals surface area contributed by atoms with Crippen molar-refractivity contribution >= 4 is 10.0 Å². The highest BCUT2D eigenvalue weighted by Crippen LogP contribution is 2.22. The van der Waals surface area contributed by atoms with E-state index in [1.807, 2.05) is 39.2 Å². The summed E-state index contributed by atoms with van der Waals surface area (Å²) in [5.41, 5.74) is 1.00. The monoisotopic (exact) mass is 315 g/mol. The van der Waals surface area contributed by atoms with Crippen LogP contribution in [0.25, 0.3) is 0 Å². The zero-order valence-corrected chi connectivity index (χ0v) is 14.9. The number of aryl methyl sites for hydroxylation is 1. The van der Waals surface area contributed by atoms with Gasteiger partial charge in [-0.05, 0) is 32.4 Å². The molecule has 0 amide bonds. The van der Waals surface area contributed by atoms with Crippen LogP contribution < -0.4 is 5.32 Å². The van der Waals surface area contributed by atoms with Gasteiger partial charge in [0, 0.05) is 38.1 Å². The van der Waals surface area contributed by atoms with Gasteiger partial charge in [-0.1, -0.05) is 20.8 Å². The highest BCUT2D eigenvalue weighted by atomic mass is 32.2. The Kier molecular flexibility index (Phi) is 6.43. The molecule has 1 N–H and O–H groups in total. The summed E-state index contributed by atoms with van der Waals surface area (Å²) < 4.78 is 28.9. The van der Waals surface area contributed by atoms with Crippen molar-refractivity contribution < 1.29 is 8.42 Å². The minimum absolute atomic E-state index is 0.0304. The molecule has 1 unspecified atom stereocenters. The van der Waals surface area contributed by atoms with Crippen molar-refractivity contribution in [1.82, 2.24) is 14.2 Å². The fourth-order valence-corrected chi connectivity index (χ4v) is 3.73. The fourth-order valence-electron chi connectivity index (χ4n) is 2.17. The largest absolute Gasteiger partial charge is 0.349 e. The fraction of sp³-hybridized carbons (Fsp3) is 0.733. The molecule has 0 saturated heterocycles. The first-order valence-corrected chi connectivity index (χ1v) is 9.07. The van der Waals surface area contributed by atoms with Gasteiger partial charge in [0.25, 0.3) is 0 Å². The van der Waals surface area contributed by atoms with Crippen molar-refractivity contribution in [2.24, 2.45) is 5.92 Å². The van der Waals surface area contributed by atoms with Crippen LogP contribution >= 0.6 is 0 Å². The van der Waals surface area contributed by atoms with Crippen LogP contribution in [0.5, 0.6) is 0 Å². The molecule has 122 valence electrons. The second kappa shape index (κ2) is 7.42. The first-order valence-electron chi connectivity index (χ1n) is 7.63. The summed E-state index contributed by atoms with van der Waals surface area (Å²) in [6.45, 7) is 12.4. The van der Waals surface area contributed by atoms with Gasteiger partial charge in [-0.15, -0.1) is 0 Å². The molecule has 0 bridgehead atoms. The van der Waals surface area contributed by atoms with E-state index >= 15 is 0 Å². The molecular weight excluding hydrogens is 286 g/mol. The molecule has 0 fully saturated rings. The van der Waals surface area contributed by atoms with E-state index in [0.29, 0.717) is 11.4 Å². The van der Waals surface area contributed by atoms with Crippen LogP contribution in [-0.4, -0.2) is 36.9 Å². The molecule has 1 rings (SSSR count). The van der Waals surface area contributed by atoms with Crippen molar-refractivity contribution in [3.05, 3.63) is 18.0 Å². The van der Waals surface area contributed by atoms with Gasteiger partial charge in [0.15, 0.2) is 0 Å². The van der Waals surface area contributed by atoms with E-state index in [2.05, 4.69) is 5.32 Å². The summed E-state index contributed by atoms with van der Waals surface area (Å²) in [6.07, 6.45) is 1.74. The second-order valence-corrected chi connectivity index (χ2v) is 7.74. The number of nitrogens with one attached hydrogen (secondary N) is 1. The third kappa shape index (κ3) is 4.08. The molecule has 1 heterocycles. The Morgan fingerprint density at radius 3 is 2.38 bits per heavy atom. The lowest BCUT2D eigenvalue weighted by Crippen LogP contribution is -2.38. The van der Waals surface area contributed by atoms with Crippen LogP contribution in [0.1, 0.15) is 40.3 Å². The van der Waals surface area contributed by atoms with E-state index in [1.54, 1.807) is 19.3 Å². The van der Waals surface area contributed by atoms with E-state index in [0.717, 1.165) is 18.8 Å². The molecule has 21 heavy (non-hydrogen) atoms. The van der Waals surface area contributed by atoms with Gasteiger partial charge < -0.3 is 9.88 Å². The molecule has 0 aromatic carbocycles. The SMILES string of the molecule is CCNCc1cc(S(=O)(=O)N(C)C(C)C(C)C)cn1CC. The number of nitrogens with zero attached hydrogens (tertiary/aromatic N) is 2. The minimum Gasteiger partial charge on any atom is -0.349 e. The van der Waals surface area contributed by atoms with Gasteiger partial charge >= 0.3 is 0 Å². The molecule has 0 spiro atoms. The predicted octanol–water partition coefficient (Wildman–Crippen LogP) is 2.28. The Hall–Kier alpha value is -0.850. The van der Waals surface area contributed by atoms with Crippen molar-refractivity contribution in [3.63, 3.8) is 0 Å². The number of aromatic nitrogens is 1. The van der Waals surface area contributed by atoms with Gasteiger partial charge in [-0.2, -0.15) is 4.31 Å². The van der Waals surface area contributed by atoms with Crippen LogP contribution in [0.2, 0.25) is 0 Å². The molecule has 1 aromatic rings. The average molecular weight is 315 g/mol. The van der Waals surface area contributed by atoms with E-state index in [1.165, 1.54) is 4.31 Å². The van der Waals surface area contributed by atoms with E-state index in [9.17, 15) is 8.42 Å². The van der Waals surface area contributed by atoms with Gasteiger partial charge in [-0.3, -0.25) is 0 Å². The molecule has 0 aliphatic heterocycles. The molecule has 0 radical (unpaired) electrons. The lowest BCUT2D eigenvalue weighted by Gasteiger charge is -2.26. The lowest BCUT2D eigenvalue weighted by atomic mass is 10.1. The molecule has 0 aliphatic rings. The molecule has 0 aliphatic carbocycles. The van der Waals surface area contributed by atoms with E-state index < -0.39 is 10.0 Å².